The molecule has 2 heteroatoms. The van der Waals surface area contributed by atoms with Gasteiger partial charge in [-0.15, -0.1) is 0 Å². The van der Waals surface area contributed by atoms with Crippen LogP contribution >= 0.6 is 0 Å². The summed E-state index contributed by atoms with van der Waals surface area (Å²) in [4.78, 5) is 10.8. The number of aryl methyl sites for hydroxylation is 2. The van der Waals surface area contributed by atoms with Crippen molar-refractivity contribution in [1.29, 1.82) is 0 Å². The first-order valence-corrected chi connectivity index (χ1v) is 12.3. The molecule has 2 heterocycles. The highest BCUT2D eigenvalue weighted by atomic mass is 14.8. The van der Waals surface area contributed by atoms with E-state index in [9.17, 15) is 0 Å². The molecule has 2 fully saturated rings. The second kappa shape index (κ2) is 7.94. The lowest BCUT2D eigenvalue weighted by atomic mass is 9.83. The predicted octanol–water partition coefficient (Wildman–Crippen LogP) is 8.11. The molecule has 2 aliphatic carbocycles. The van der Waals surface area contributed by atoms with E-state index < -0.39 is 0 Å². The van der Waals surface area contributed by atoms with Crippen molar-refractivity contribution >= 4 is 21.8 Å². The van der Waals surface area contributed by atoms with Crippen LogP contribution in [0.15, 0.2) is 12.1 Å². The van der Waals surface area contributed by atoms with Crippen molar-refractivity contribution in [2.24, 2.45) is 0 Å². The number of aromatic nitrogens is 2. The molecule has 0 unspecified atom stereocenters. The van der Waals surface area contributed by atoms with Crippen LogP contribution in [0.1, 0.15) is 110 Å². The van der Waals surface area contributed by atoms with Crippen LogP contribution < -0.4 is 0 Å². The third kappa shape index (κ3) is 3.24. The second-order valence-corrected chi connectivity index (χ2v) is 10.0. The van der Waals surface area contributed by atoms with Gasteiger partial charge in [-0.1, -0.05) is 50.7 Å². The predicted molar refractivity (Wildman–Crippen MR) is 128 cm³/mol. The van der Waals surface area contributed by atoms with Gasteiger partial charge in [-0.05, 0) is 75.6 Å². The minimum absolute atomic E-state index is 0.626. The van der Waals surface area contributed by atoms with E-state index in [1.807, 2.05) is 0 Å². The molecule has 0 radical (unpaired) electrons. The average Bonchev–Trinajstić information content (AvgIpc) is 2.79. The van der Waals surface area contributed by atoms with Gasteiger partial charge >= 0.3 is 0 Å². The fourth-order valence-corrected chi connectivity index (χ4v) is 6.16. The number of pyridine rings is 2. The molecule has 0 aliphatic heterocycles. The number of rotatable bonds is 2. The normalized spacial score (nSPS) is 19.1. The third-order valence-electron chi connectivity index (χ3n) is 8.30. The minimum Gasteiger partial charge on any atom is -0.250 e. The SMILES string of the molecule is Cc1c(C2CCCCC2)nc2c(ccc3c(C)c(C)c(C4CCCCC4)nc32)c1C. The Kier molecular flexibility index (Phi) is 5.29. The molecular weight excluding hydrogens is 364 g/mol. The first kappa shape index (κ1) is 20.0. The van der Waals surface area contributed by atoms with Gasteiger partial charge in [0.2, 0.25) is 0 Å². The third-order valence-corrected chi connectivity index (χ3v) is 8.30. The Hall–Kier alpha value is -1.96. The molecular formula is C28H36N2. The highest BCUT2D eigenvalue weighted by molar-refractivity contribution is 6.05. The summed E-state index contributed by atoms with van der Waals surface area (Å²) in [5.41, 5.74) is 10.6. The molecule has 3 aromatic rings. The van der Waals surface area contributed by atoms with E-state index >= 15 is 0 Å². The molecule has 30 heavy (non-hydrogen) atoms. The zero-order valence-electron chi connectivity index (χ0n) is 19.3. The summed E-state index contributed by atoms with van der Waals surface area (Å²) in [5, 5.41) is 2.59. The van der Waals surface area contributed by atoms with Gasteiger partial charge in [0, 0.05) is 34.0 Å². The van der Waals surface area contributed by atoms with Gasteiger partial charge in [0.25, 0.3) is 0 Å². The zero-order valence-corrected chi connectivity index (χ0v) is 19.3. The smallest absolute Gasteiger partial charge is 0.0971 e. The molecule has 0 amide bonds. The van der Waals surface area contributed by atoms with Gasteiger partial charge in [-0.2, -0.15) is 0 Å². The van der Waals surface area contributed by atoms with Crippen molar-refractivity contribution in [1.82, 2.24) is 9.97 Å². The molecule has 0 N–H and O–H groups in total. The quantitative estimate of drug-likeness (QED) is 0.406. The molecule has 2 aliphatic rings. The summed E-state index contributed by atoms with van der Waals surface area (Å²) in [6.45, 7) is 9.16. The van der Waals surface area contributed by atoms with Gasteiger partial charge < -0.3 is 0 Å². The van der Waals surface area contributed by atoms with Crippen LogP contribution in [-0.4, -0.2) is 9.97 Å². The topological polar surface area (TPSA) is 25.8 Å². The van der Waals surface area contributed by atoms with E-state index in [2.05, 4.69) is 39.8 Å². The van der Waals surface area contributed by atoms with Gasteiger partial charge in [0.15, 0.2) is 0 Å². The van der Waals surface area contributed by atoms with Crippen LogP contribution in [0.2, 0.25) is 0 Å². The number of benzene rings is 1. The molecule has 5 rings (SSSR count). The van der Waals surface area contributed by atoms with E-state index in [1.165, 1.54) is 109 Å². The number of nitrogens with zero attached hydrogens (tertiary/aromatic N) is 2. The first-order valence-electron chi connectivity index (χ1n) is 12.3. The second-order valence-electron chi connectivity index (χ2n) is 10.0. The van der Waals surface area contributed by atoms with Crippen LogP contribution in [0.4, 0.5) is 0 Å². The van der Waals surface area contributed by atoms with Gasteiger partial charge in [0.05, 0.1) is 11.0 Å². The van der Waals surface area contributed by atoms with Crippen LogP contribution in [0.3, 0.4) is 0 Å². The van der Waals surface area contributed by atoms with Crippen molar-refractivity contribution < 1.29 is 0 Å². The maximum Gasteiger partial charge on any atom is 0.0971 e. The van der Waals surface area contributed by atoms with Crippen LogP contribution in [0, 0.1) is 27.7 Å². The lowest BCUT2D eigenvalue weighted by Gasteiger charge is -2.26. The van der Waals surface area contributed by atoms with Crippen molar-refractivity contribution in [3.05, 3.63) is 45.8 Å². The van der Waals surface area contributed by atoms with E-state index in [1.54, 1.807) is 0 Å². The molecule has 2 aromatic heterocycles. The van der Waals surface area contributed by atoms with Crippen LogP contribution in [0.5, 0.6) is 0 Å². The summed E-state index contributed by atoms with van der Waals surface area (Å²) in [5.74, 6) is 1.25. The van der Waals surface area contributed by atoms with Crippen molar-refractivity contribution in [3.8, 4) is 0 Å². The number of fused-ring (bicyclic) bond motifs is 3. The van der Waals surface area contributed by atoms with E-state index in [4.69, 9.17) is 9.97 Å². The summed E-state index contributed by atoms with van der Waals surface area (Å²) < 4.78 is 0. The molecule has 2 nitrogen and oxygen atoms in total. The Labute approximate surface area is 181 Å². The minimum atomic E-state index is 0.626. The number of hydrogen-bond acceptors (Lipinski definition) is 2. The van der Waals surface area contributed by atoms with E-state index in [-0.39, 0.29) is 0 Å². The summed E-state index contributed by atoms with van der Waals surface area (Å²) >= 11 is 0. The van der Waals surface area contributed by atoms with Gasteiger partial charge in [-0.25, -0.2) is 9.97 Å². The highest BCUT2D eigenvalue weighted by Gasteiger charge is 2.24. The van der Waals surface area contributed by atoms with Crippen LogP contribution in [-0.2, 0) is 0 Å². The molecule has 0 bridgehead atoms. The Morgan fingerprint density at radius 3 is 1.27 bits per heavy atom. The maximum atomic E-state index is 5.38. The monoisotopic (exact) mass is 400 g/mol. The molecule has 0 spiro atoms. The highest BCUT2D eigenvalue weighted by Crippen LogP contribution is 2.40. The summed E-state index contributed by atoms with van der Waals surface area (Å²) in [7, 11) is 0. The largest absolute Gasteiger partial charge is 0.250 e. The molecule has 0 atom stereocenters. The Morgan fingerprint density at radius 2 is 0.900 bits per heavy atom. The maximum absolute atomic E-state index is 5.38. The van der Waals surface area contributed by atoms with Crippen molar-refractivity contribution in [2.75, 3.05) is 0 Å². The average molecular weight is 401 g/mol. The molecule has 0 saturated heterocycles. The summed E-state index contributed by atoms with van der Waals surface area (Å²) in [6, 6.07) is 4.60. The lowest BCUT2D eigenvalue weighted by Crippen LogP contribution is -2.11. The standard InChI is InChI=1S/C28H36N2/c1-17-19(3)25(21-11-7-5-8-12-21)29-27-23(17)15-16-24-18(2)20(4)26(30-28(24)27)22-13-9-6-10-14-22/h15-16,21-22H,5-14H2,1-4H3. The molecule has 158 valence electrons. The fourth-order valence-electron chi connectivity index (χ4n) is 6.16. The van der Waals surface area contributed by atoms with Crippen molar-refractivity contribution in [3.63, 3.8) is 0 Å². The van der Waals surface area contributed by atoms with Gasteiger partial charge in [-0.3, -0.25) is 0 Å². The Balaban J connectivity index is 1.76. The number of hydrogen-bond donors (Lipinski definition) is 0. The van der Waals surface area contributed by atoms with E-state index in [0.717, 1.165) is 11.0 Å². The Morgan fingerprint density at radius 1 is 0.533 bits per heavy atom. The molecule has 1 aromatic carbocycles. The van der Waals surface area contributed by atoms with Crippen molar-refractivity contribution in [2.45, 2.75) is 104 Å². The molecule has 2 saturated carbocycles. The first-order chi connectivity index (χ1) is 14.6. The fraction of sp³-hybridized carbons (Fsp3) is 0.571. The van der Waals surface area contributed by atoms with Crippen LogP contribution in [0.25, 0.3) is 21.8 Å². The zero-order chi connectivity index (χ0) is 20.8. The Bertz CT molecular complexity index is 1010. The summed E-state index contributed by atoms with van der Waals surface area (Å²) in [6.07, 6.45) is 13.3. The van der Waals surface area contributed by atoms with Gasteiger partial charge in [0.1, 0.15) is 0 Å². The lowest BCUT2D eigenvalue weighted by molar-refractivity contribution is 0.435. The van der Waals surface area contributed by atoms with E-state index in [0.29, 0.717) is 11.8 Å².